The van der Waals surface area contributed by atoms with Crippen LogP contribution in [0.4, 0.5) is 11.4 Å². The third-order valence-electron chi connectivity index (χ3n) is 3.44. The Morgan fingerprint density at radius 2 is 1.95 bits per heavy atom. The van der Waals surface area contributed by atoms with E-state index in [2.05, 4.69) is 5.32 Å². The summed E-state index contributed by atoms with van der Waals surface area (Å²) in [5, 5.41) is 13.7. The van der Waals surface area contributed by atoms with Gasteiger partial charge in [-0.25, -0.2) is 0 Å². The maximum Gasteiger partial charge on any atom is 0.274 e. The van der Waals surface area contributed by atoms with Crippen LogP contribution in [0.5, 0.6) is 0 Å². The van der Waals surface area contributed by atoms with Crippen LogP contribution < -0.4 is 5.32 Å². The van der Waals surface area contributed by atoms with Crippen LogP contribution in [0.3, 0.4) is 0 Å². The lowest BCUT2D eigenvalue weighted by Crippen LogP contribution is -2.14. The van der Waals surface area contributed by atoms with Crippen LogP contribution in [0, 0.1) is 24.0 Å². The third-order valence-corrected chi connectivity index (χ3v) is 4.16. The standard InChI is InChI=1S/C16H16N2O3S/c1-10-7-8-12(22-3)9-13(10)16(19)17-14-5-4-6-15(11(14)2)18(20)21/h4-9H,1-3H3,(H,17,19). The lowest BCUT2D eigenvalue weighted by molar-refractivity contribution is -0.385. The Balaban J connectivity index is 2.34. The molecule has 1 N–H and O–H groups in total. The van der Waals surface area contributed by atoms with Crippen LogP contribution in [0.2, 0.25) is 0 Å². The lowest BCUT2D eigenvalue weighted by Gasteiger charge is -2.11. The van der Waals surface area contributed by atoms with Crippen molar-refractivity contribution in [1.82, 2.24) is 0 Å². The highest BCUT2D eigenvalue weighted by Crippen LogP contribution is 2.26. The van der Waals surface area contributed by atoms with Crippen molar-refractivity contribution in [2.24, 2.45) is 0 Å². The van der Waals surface area contributed by atoms with E-state index in [0.29, 0.717) is 16.8 Å². The fraction of sp³-hybridized carbons (Fsp3) is 0.188. The van der Waals surface area contributed by atoms with Gasteiger partial charge < -0.3 is 5.32 Å². The van der Waals surface area contributed by atoms with Gasteiger partial charge in [-0.3, -0.25) is 14.9 Å². The van der Waals surface area contributed by atoms with Gasteiger partial charge in [0.2, 0.25) is 0 Å². The Hall–Kier alpha value is -2.34. The molecule has 0 aliphatic heterocycles. The zero-order chi connectivity index (χ0) is 16.3. The monoisotopic (exact) mass is 316 g/mol. The summed E-state index contributed by atoms with van der Waals surface area (Å²) in [5.41, 5.74) is 2.32. The van der Waals surface area contributed by atoms with E-state index in [1.54, 1.807) is 30.8 Å². The van der Waals surface area contributed by atoms with Crippen molar-refractivity contribution in [2.75, 3.05) is 11.6 Å². The lowest BCUT2D eigenvalue weighted by atomic mass is 10.1. The average molecular weight is 316 g/mol. The highest BCUT2D eigenvalue weighted by atomic mass is 32.2. The normalized spacial score (nSPS) is 10.3. The largest absolute Gasteiger partial charge is 0.321 e. The predicted molar refractivity (Wildman–Crippen MR) is 88.7 cm³/mol. The number of hydrogen-bond acceptors (Lipinski definition) is 4. The van der Waals surface area contributed by atoms with Crippen LogP contribution in [-0.4, -0.2) is 17.1 Å². The van der Waals surface area contributed by atoms with Gasteiger partial charge in [-0.2, -0.15) is 0 Å². The molecule has 1 amide bonds. The van der Waals surface area contributed by atoms with Gasteiger partial charge in [-0.15, -0.1) is 11.8 Å². The number of nitrogens with zero attached hydrogens (tertiary/aromatic N) is 1. The molecule has 0 saturated carbocycles. The number of anilines is 1. The van der Waals surface area contributed by atoms with Gasteiger partial charge >= 0.3 is 0 Å². The van der Waals surface area contributed by atoms with Crippen LogP contribution in [0.15, 0.2) is 41.3 Å². The van der Waals surface area contributed by atoms with E-state index in [-0.39, 0.29) is 11.6 Å². The molecule has 0 saturated heterocycles. The number of hydrogen-bond donors (Lipinski definition) is 1. The first kappa shape index (κ1) is 16.0. The number of carbonyl (C=O) groups is 1. The van der Waals surface area contributed by atoms with Crippen LogP contribution in [0.25, 0.3) is 0 Å². The molecule has 6 heteroatoms. The molecular weight excluding hydrogens is 300 g/mol. The average Bonchev–Trinajstić information content (AvgIpc) is 2.49. The minimum absolute atomic E-state index is 0.00705. The fourth-order valence-corrected chi connectivity index (χ4v) is 2.56. The Morgan fingerprint density at radius 3 is 2.59 bits per heavy atom. The number of carbonyl (C=O) groups excluding carboxylic acids is 1. The molecule has 0 unspecified atom stereocenters. The molecular formula is C16H16N2O3S. The van der Waals surface area contributed by atoms with Crippen molar-refractivity contribution >= 4 is 29.0 Å². The van der Waals surface area contributed by atoms with E-state index in [0.717, 1.165) is 10.5 Å². The Morgan fingerprint density at radius 1 is 1.23 bits per heavy atom. The molecule has 0 fully saturated rings. The molecule has 0 aliphatic carbocycles. The van der Waals surface area contributed by atoms with Gasteiger partial charge in [0.05, 0.1) is 16.2 Å². The predicted octanol–water partition coefficient (Wildman–Crippen LogP) is 4.19. The molecule has 22 heavy (non-hydrogen) atoms. The first-order valence-electron chi connectivity index (χ1n) is 6.64. The summed E-state index contributed by atoms with van der Waals surface area (Å²) >= 11 is 1.56. The third kappa shape index (κ3) is 3.28. The molecule has 2 rings (SSSR count). The van der Waals surface area contributed by atoms with E-state index in [1.807, 2.05) is 31.4 Å². The fourth-order valence-electron chi connectivity index (χ4n) is 2.12. The topological polar surface area (TPSA) is 72.2 Å². The summed E-state index contributed by atoms with van der Waals surface area (Å²) in [6.07, 6.45) is 1.94. The molecule has 0 atom stereocenters. The molecule has 0 spiro atoms. The number of rotatable bonds is 4. The van der Waals surface area contributed by atoms with Crippen molar-refractivity contribution in [1.29, 1.82) is 0 Å². The Labute approximate surface area is 132 Å². The summed E-state index contributed by atoms with van der Waals surface area (Å²) in [6.45, 7) is 3.48. The maximum absolute atomic E-state index is 12.4. The first-order valence-corrected chi connectivity index (χ1v) is 7.86. The quantitative estimate of drug-likeness (QED) is 0.521. The number of aryl methyl sites for hydroxylation is 1. The van der Waals surface area contributed by atoms with E-state index in [4.69, 9.17) is 0 Å². The second-order valence-electron chi connectivity index (χ2n) is 4.84. The molecule has 0 bridgehead atoms. The first-order chi connectivity index (χ1) is 10.4. The van der Waals surface area contributed by atoms with E-state index >= 15 is 0 Å². The zero-order valence-electron chi connectivity index (χ0n) is 12.5. The second kappa shape index (κ2) is 6.62. The van der Waals surface area contributed by atoms with Crippen LogP contribution >= 0.6 is 11.8 Å². The second-order valence-corrected chi connectivity index (χ2v) is 5.72. The summed E-state index contributed by atoms with van der Waals surface area (Å²) in [4.78, 5) is 23.9. The molecule has 0 aromatic heterocycles. The summed E-state index contributed by atoms with van der Waals surface area (Å²) in [6, 6.07) is 10.3. The number of benzene rings is 2. The van der Waals surface area contributed by atoms with Crippen molar-refractivity contribution < 1.29 is 9.72 Å². The van der Waals surface area contributed by atoms with Gasteiger partial charge in [0.25, 0.3) is 11.6 Å². The van der Waals surface area contributed by atoms with Crippen molar-refractivity contribution in [3.63, 3.8) is 0 Å². The van der Waals surface area contributed by atoms with Gasteiger partial charge in [-0.05, 0) is 43.9 Å². The van der Waals surface area contributed by atoms with Crippen molar-refractivity contribution in [2.45, 2.75) is 18.7 Å². The Bertz CT molecular complexity index is 744. The minimum atomic E-state index is -0.454. The van der Waals surface area contributed by atoms with Crippen molar-refractivity contribution in [3.05, 3.63) is 63.2 Å². The highest BCUT2D eigenvalue weighted by molar-refractivity contribution is 7.98. The van der Waals surface area contributed by atoms with Crippen LogP contribution in [-0.2, 0) is 0 Å². The number of amides is 1. The summed E-state index contributed by atoms with van der Waals surface area (Å²) in [5.74, 6) is -0.267. The van der Waals surface area contributed by atoms with Gasteiger partial charge in [0.15, 0.2) is 0 Å². The highest BCUT2D eigenvalue weighted by Gasteiger charge is 2.16. The maximum atomic E-state index is 12.4. The van der Waals surface area contributed by atoms with E-state index < -0.39 is 4.92 Å². The summed E-state index contributed by atoms with van der Waals surface area (Å²) < 4.78 is 0. The molecule has 2 aromatic rings. The molecule has 2 aromatic carbocycles. The number of nitro groups is 1. The number of thioether (sulfide) groups is 1. The van der Waals surface area contributed by atoms with E-state index in [9.17, 15) is 14.9 Å². The van der Waals surface area contributed by atoms with Gasteiger partial charge in [0.1, 0.15) is 0 Å². The molecule has 0 heterocycles. The number of nitrogens with one attached hydrogen (secondary N) is 1. The van der Waals surface area contributed by atoms with Crippen LogP contribution in [0.1, 0.15) is 21.5 Å². The SMILES string of the molecule is CSc1ccc(C)c(C(=O)Nc2cccc([N+](=O)[O-])c2C)c1. The van der Waals surface area contributed by atoms with E-state index in [1.165, 1.54) is 6.07 Å². The summed E-state index contributed by atoms with van der Waals surface area (Å²) in [7, 11) is 0. The van der Waals surface area contributed by atoms with Gasteiger partial charge in [0, 0.05) is 16.5 Å². The molecule has 114 valence electrons. The zero-order valence-corrected chi connectivity index (χ0v) is 13.4. The van der Waals surface area contributed by atoms with Gasteiger partial charge in [-0.1, -0.05) is 12.1 Å². The molecule has 5 nitrogen and oxygen atoms in total. The molecule has 0 aliphatic rings. The van der Waals surface area contributed by atoms with Crippen molar-refractivity contribution in [3.8, 4) is 0 Å². The number of nitro benzene ring substituents is 1. The Kier molecular flexibility index (Phi) is 4.82. The molecule has 0 radical (unpaired) electrons. The minimum Gasteiger partial charge on any atom is -0.321 e. The smallest absolute Gasteiger partial charge is 0.274 e.